The predicted molar refractivity (Wildman–Crippen MR) is 122 cm³/mol. The number of hydrogen-bond acceptors (Lipinski definition) is 5. The summed E-state index contributed by atoms with van der Waals surface area (Å²) in [6, 6.07) is 23.7. The van der Waals surface area contributed by atoms with Crippen molar-refractivity contribution in [2.75, 3.05) is 40.2 Å². The van der Waals surface area contributed by atoms with E-state index >= 15 is 0 Å². The van der Waals surface area contributed by atoms with Crippen molar-refractivity contribution in [1.82, 2.24) is 4.90 Å². The van der Waals surface area contributed by atoms with Crippen molar-refractivity contribution in [2.45, 2.75) is 6.04 Å². The molecular weight excluding hydrogens is 392 g/mol. The Hall–Kier alpha value is -3.51. The van der Waals surface area contributed by atoms with Gasteiger partial charge in [0, 0.05) is 17.8 Å². The van der Waals surface area contributed by atoms with Gasteiger partial charge in [-0.15, -0.1) is 0 Å². The lowest BCUT2D eigenvalue weighted by Gasteiger charge is -2.28. The van der Waals surface area contributed by atoms with Gasteiger partial charge in [-0.05, 0) is 18.2 Å². The first-order valence-electron chi connectivity index (χ1n) is 9.97. The molecule has 0 bridgehead atoms. The molecule has 0 spiro atoms. The zero-order valence-electron chi connectivity index (χ0n) is 18.3. The van der Waals surface area contributed by atoms with Crippen molar-refractivity contribution in [3.8, 4) is 17.2 Å². The van der Waals surface area contributed by atoms with Gasteiger partial charge in [0.2, 0.25) is 11.7 Å². The van der Waals surface area contributed by atoms with Crippen molar-refractivity contribution in [1.29, 1.82) is 0 Å². The Balaban J connectivity index is 1.80. The standard InChI is InChI=1S/C25H28N2O4/c1-27(24(18-11-7-5-8-12-18)19-13-9-6-10-14-19)17-23(28)26-20-15-21(29-2)25(31-4)22(16-20)30-3/h5-16,24H,17H2,1-4H3,(H,26,28). The monoisotopic (exact) mass is 420 g/mol. The van der Waals surface area contributed by atoms with Crippen molar-refractivity contribution in [3.63, 3.8) is 0 Å². The van der Waals surface area contributed by atoms with E-state index in [1.54, 1.807) is 33.5 Å². The first-order valence-corrected chi connectivity index (χ1v) is 9.97. The Morgan fingerprint density at radius 1 is 0.839 bits per heavy atom. The number of rotatable bonds is 9. The summed E-state index contributed by atoms with van der Waals surface area (Å²) in [5, 5.41) is 2.94. The van der Waals surface area contributed by atoms with Gasteiger partial charge in [-0.25, -0.2) is 0 Å². The Labute approximate surface area is 183 Å². The highest BCUT2D eigenvalue weighted by atomic mass is 16.5. The number of amides is 1. The highest BCUT2D eigenvalue weighted by Gasteiger charge is 2.22. The molecular formula is C25H28N2O4. The molecule has 1 N–H and O–H groups in total. The second kappa shape index (κ2) is 10.5. The molecule has 3 rings (SSSR count). The molecule has 6 nitrogen and oxygen atoms in total. The van der Waals surface area contributed by atoms with E-state index in [9.17, 15) is 4.79 Å². The Bertz CT molecular complexity index is 928. The normalized spacial score (nSPS) is 10.8. The Morgan fingerprint density at radius 3 is 1.74 bits per heavy atom. The summed E-state index contributed by atoms with van der Waals surface area (Å²) in [5.74, 6) is 1.30. The van der Waals surface area contributed by atoms with E-state index < -0.39 is 0 Å². The average Bonchev–Trinajstić information content (AvgIpc) is 2.79. The lowest BCUT2D eigenvalue weighted by Crippen LogP contribution is -2.34. The highest BCUT2D eigenvalue weighted by molar-refractivity contribution is 5.93. The van der Waals surface area contributed by atoms with E-state index in [2.05, 4.69) is 29.6 Å². The summed E-state index contributed by atoms with van der Waals surface area (Å²) >= 11 is 0. The van der Waals surface area contributed by atoms with Gasteiger partial charge in [0.1, 0.15) is 0 Å². The summed E-state index contributed by atoms with van der Waals surface area (Å²) in [5.41, 5.74) is 2.82. The molecule has 0 atom stereocenters. The summed E-state index contributed by atoms with van der Waals surface area (Å²) in [6.45, 7) is 0.200. The molecule has 0 unspecified atom stereocenters. The van der Waals surface area contributed by atoms with Crippen LogP contribution in [0.1, 0.15) is 17.2 Å². The molecule has 0 aliphatic rings. The lowest BCUT2D eigenvalue weighted by molar-refractivity contribution is -0.117. The van der Waals surface area contributed by atoms with Gasteiger partial charge in [-0.2, -0.15) is 0 Å². The molecule has 0 fully saturated rings. The number of hydrogen-bond donors (Lipinski definition) is 1. The zero-order valence-corrected chi connectivity index (χ0v) is 18.3. The van der Waals surface area contributed by atoms with Gasteiger partial charge in [-0.1, -0.05) is 60.7 Å². The number of nitrogens with zero attached hydrogens (tertiary/aromatic N) is 1. The minimum absolute atomic E-state index is 0.0481. The average molecular weight is 421 g/mol. The maximum atomic E-state index is 12.9. The van der Waals surface area contributed by atoms with E-state index in [4.69, 9.17) is 14.2 Å². The molecule has 0 heterocycles. The van der Waals surface area contributed by atoms with Crippen LogP contribution >= 0.6 is 0 Å². The number of methoxy groups -OCH3 is 3. The number of ether oxygens (including phenoxy) is 3. The first kappa shape index (κ1) is 22.2. The van der Waals surface area contributed by atoms with Crippen LogP contribution in [-0.4, -0.2) is 45.7 Å². The smallest absolute Gasteiger partial charge is 0.238 e. The summed E-state index contributed by atoms with van der Waals surface area (Å²) in [4.78, 5) is 14.9. The van der Waals surface area contributed by atoms with Gasteiger partial charge < -0.3 is 19.5 Å². The van der Waals surface area contributed by atoms with Crippen molar-refractivity contribution >= 4 is 11.6 Å². The molecule has 0 aliphatic heterocycles. The summed E-state index contributed by atoms with van der Waals surface area (Å²) in [6.07, 6.45) is 0. The molecule has 0 radical (unpaired) electrons. The minimum Gasteiger partial charge on any atom is -0.493 e. The largest absolute Gasteiger partial charge is 0.493 e. The van der Waals surface area contributed by atoms with Crippen LogP contribution in [0.25, 0.3) is 0 Å². The van der Waals surface area contributed by atoms with Gasteiger partial charge in [-0.3, -0.25) is 9.69 Å². The third-order valence-electron chi connectivity index (χ3n) is 5.01. The van der Waals surface area contributed by atoms with Crippen LogP contribution in [0, 0.1) is 0 Å². The third-order valence-corrected chi connectivity index (χ3v) is 5.01. The van der Waals surface area contributed by atoms with Crippen LogP contribution in [0.15, 0.2) is 72.8 Å². The second-order valence-electron chi connectivity index (χ2n) is 7.10. The Kier molecular flexibility index (Phi) is 7.51. The molecule has 162 valence electrons. The SMILES string of the molecule is COc1cc(NC(=O)CN(C)C(c2ccccc2)c2ccccc2)cc(OC)c1OC. The van der Waals surface area contributed by atoms with Crippen LogP contribution < -0.4 is 19.5 Å². The summed E-state index contributed by atoms with van der Waals surface area (Å²) < 4.78 is 16.1. The van der Waals surface area contributed by atoms with Crippen LogP contribution in [0.3, 0.4) is 0 Å². The van der Waals surface area contributed by atoms with Crippen molar-refractivity contribution in [3.05, 3.63) is 83.9 Å². The highest BCUT2D eigenvalue weighted by Crippen LogP contribution is 2.40. The van der Waals surface area contributed by atoms with Crippen LogP contribution in [-0.2, 0) is 4.79 Å². The fourth-order valence-corrected chi connectivity index (χ4v) is 3.64. The molecule has 3 aromatic rings. The van der Waals surface area contributed by atoms with Gasteiger partial charge in [0.25, 0.3) is 0 Å². The Morgan fingerprint density at radius 2 is 1.32 bits per heavy atom. The maximum absolute atomic E-state index is 12.9. The molecule has 1 amide bonds. The van der Waals surface area contributed by atoms with E-state index in [1.807, 2.05) is 48.3 Å². The number of benzene rings is 3. The molecule has 6 heteroatoms. The van der Waals surface area contributed by atoms with Crippen LogP contribution in [0.5, 0.6) is 17.2 Å². The molecule has 0 saturated carbocycles. The summed E-state index contributed by atoms with van der Waals surface area (Å²) in [7, 11) is 6.57. The molecule has 0 aliphatic carbocycles. The molecule has 0 saturated heterocycles. The molecule has 31 heavy (non-hydrogen) atoms. The second-order valence-corrected chi connectivity index (χ2v) is 7.10. The third kappa shape index (κ3) is 5.35. The van der Waals surface area contributed by atoms with E-state index in [1.165, 1.54) is 0 Å². The topological polar surface area (TPSA) is 60.0 Å². The molecule has 3 aromatic carbocycles. The van der Waals surface area contributed by atoms with Gasteiger partial charge >= 0.3 is 0 Å². The zero-order chi connectivity index (χ0) is 22.2. The van der Waals surface area contributed by atoms with Gasteiger partial charge in [0.15, 0.2) is 11.5 Å². The lowest BCUT2D eigenvalue weighted by atomic mass is 9.97. The van der Waals surface area contributed by atoms with Crippen LogP contribution in [0.4, 0.5) is 5.69 Å². The maximum Gasteiger partial charge on any atom is 0.238 e. The number of nitrogens with one attached hydrogen (secondary N) is 1. The fraction of sp³-hybridized carbons (Fsp3) is 0.240. The van der Waals surface area contributed by atoms with Crippen molar-refractivity contribution in [2.24, 2.45) is 0 Å². The predicted octanol–water partition coefficient (Wildman–Crippen LogP) is 4.37. The fourth-order valence-electron chi connectivity index (χ4n) is 3.64. The van der Waals surface area contributed by atoms with E-state index in [-0.39, 0.29) is 18.5 Å². The number of carbonyl (C=O) groups is 1. The molecule has 0 aromatic heterocycles. The first-order chi connectivity index (χ1) is 15.1. The minimum atomic E-state index is -0.145. The van der Waals surface area contributed by atoms with E-state index in [0.717, 1.165) is 11.1 Å². The van der Waals surface area contributed by atoms with Gasteiger partial charge in [0.05, 0.1) is 33.9 Å². The number of likely N-dealkylation sites (N-methyl/N-ethyl adjacent to an activating group) is 1. The van der Waals surface area contributed by atoms with Crippen LogP contribution in [0.2, 0.25) is 0 Å². The van der Waals surface area contributed by atoms with E-state index in [0.29, 0.717) is 22.9 Å². The number of anilines is 1. The number of carbonyl (C=O) groups excluding carboxylic acids is 1. The van der Waals surface area contributed by atoms with Crippen molar-refractivity contribution < 1.29 is 19.0 Å². The quantitative estimate of drug-likeness (QED) is 0.557.